The summed E-state index contributed by atoms with van der Waals surface area (Å²) in [6.45, 7) is -0.250. The predicted molar refractivity (Wildman–Crippen MR) is 90.5 cm³/mol. The Bertz CT molecular complexity index is 739. The van der Waals surface area contributed by atoms with Gasteiger partial charge in [0.1, 0.15) is 5.75 Å². The first kappa shape index (κ1) is 17.1. The van der Waals surface area contributed by atoms with E-state index in [1.807, 2.05) is 24.5 Å². The van der Waals surface area contributed by atoms with Crippen molar-refractivity contribution < 1.29 is 14.5 Å². The van der Waals surface area contributed by atoms with E-state index in [4.69, 9.17) is 16.3 Å². The van der Waals surface area contributed by atoms with Gasteiger partial charge < -0.3 is 10.1 Å². The van der Waals surface area contributed by atoms with E-state index in [-0.39, 0.29) is 29.0 Å². The van der Waals surface area contributed by atoms with E-state index in [1.165, 1.54) is 30.0 Å². The number of carbonyl (C=O) groups is 1. The Morgan fingerprint density at radius 1 is 1.35 bits per heavy atom. The van der Waals surface area contributed by atoms with Crippen molar-refractivity contribution in [1.82, 2.24) is 0 Å². The molecule has 0 saturated carbocycles. The van der Waals surface area contributed by atoms with Crippen molar-refractivity contribution in [2.45, 2.75) is 4.90 Å². The van der Waals surface area contributed by atoms with Gasteiger partial charge in [0.15, 0.2) is 6.61 Å². The summed E-state index contributed by atoms with van der Waals surface area (Å²) in [7, 11) is 0. The van der Waals surface area contributed by atoms with Crippen molar-refractivity contribution in [1.29, 1.82) is 0 Å². The Kier molecular flexibility index (Phi) is 5.84. The van der Waals surface area contributed by atoms with Crippen LogP contribution in [0.2, 0.25) is 5.02 Å². The van der Waals surface area contributed by atoms with E-state index < -0.39 is 4.92 Å². The van der Waals surface area contributed by atoms with Crippen LogP contribution in [0.1, 0.15) is 0 Å². The van der Waals surface area contributed by atoms with Crippen molar-refractivity contribution in [3.05, 3.63) is 57.6 Å². The highest BCUT2D eigenvalue weighted by molar-refractivity contribution is 7.98. The largest absolute Gasteiger partial charge is 0.482 e. The zero-order valence-corrected chi connectivity index (χ0v) is 13.7. The van der Waals surface area contributed by atoms with E-state index in [2.05, 4.69) is 5.32 Å². The molecule has 1 N–H and O–H groups in total. The number of nitrogens with zero attached hydrogens (tertiary/aromatic N) is 1. The first-order chi connectivity index (χ1) is 11.0. The maximum Gasteiger partial charge on any atom is 0.271 e. The van der Waals surface area contributed by atoms with Gasteiger partial charge in [-0.1, -0.05) is 23.7 Å². The van der Waals surface area contributed by atoms with Crippen LogP contribution in [-0.2, 0) is 4.79 Å². The van der Waals surface area contributed by atoms with Gasteiger partial charge in [0.05, 0.1) is 15.6 Å². The van der Waals surface area contributed by atoms with Crippen molar-refractivity contribution in [3.8, 4) is 5.75 Å². The lowest BCUT2D eigenvalue weighted by atomic mass is 10.3. The molecule has 0 heterocycles. The molecule has 2 aromatic carbocycles. The van der Waals surface area contributed by atoms with Gasteiger partial charge in [-0.2, -0.15) is 0 Å². The van der Waals surface area contributed by atoms with Crippen molar-refractivity contribution in [3.63, 3.8) is 0 Å². The van der Waals surface area contributed by atoms with Gasteiger partial charge in [-0.15, -0.1) is 11.8 Å². The van der Waals surface area contributed by atoms with Crippen LogP contribution in [0.15, 0.2) is 47.4 Å². The zero-order valence-electron chi connectivity index (χ0n) is 12.1. The highest BCUT2D eigenvalue weighted by Gasteiger charge is 2.12. The van der Waals surface area contributed by atoms with Crippen LogP contribution in [0, 0.1) is 10.1 Å². The van der Waals surface area contributed by atoms with Crippen molar-refractivity contribution in [2.24, 2.45) is 0 Å². The minimum atomic E-state index is -0.554. The maximum atomic E-state index is 11.9. The molecule has 0 aromatic heterocycles. The number of non-ortho nitro benzene ring substituents is 1. The fourth-order valence-corrected chi connectivity index (χ4v) is 2.58. The Hall–Kier alpha value is -2.25. The fourth-order valence-electron chi connectivity index (χ4n) is 1.80. The number of thioether (sulfide) groups is 1. The Morgan fingerprint density at radius 3 is 2.74 bits per heavy atom. The van der Waals surface area contributed by atoms with Crippen molar-refractivity contribution in [2.75, 3.05) is 18.2 Å². The maximum absolute atomic E-state index is 11.9. The zero-order chi connectivity index (χ0) is 16.8. The number of nitro groups is 1. The summed E-state index contributed by atoms with van der Waals surface area (Å²) >= 11 is 7.42. The second-order valence-corrected chi connectivity index (χ2v) is 5.66. The van der Waals surface area contributed by atoms with Crippen LogP contribution < -0.4 is 10.1 Å². The van der Waals surface area contributed by atoms with Crippen LogP contribution >= 0.6 is 23.4 Å². The van der Waals surface area contributed by atoms with Crippen molar-refractivity contribution >= 4 is 40.6 Å². The molecular formula is C15H13ClN2O4S. The molecule has 0 radical (unpaired) electrons. The summed E-state index contributed by atoms with van der Waals surface area (Å²) in [5, 5.41) is 13.5. The van der Waals surface area contributed by atoms with E-state index in [1.54, 1.807) is 6.07 Å². The van der Waals surface area contributed by atoms with Crippen LogP contribution in [0.5, 0.6) is 5.75 Å². The molecule has 6 nitrogen and oxygen atoms in total. The van der Waals surface area contributed by atoms with Gasteiger partial charge in [0, 0.05) is 17.0 Å². The summed E-state index contributed by atoms with van der Waals surface area (Å²) in [5.74, 6) is -0.133. The summed E-state index contributed by atoms with van der Waals surface area (Å²) in [6.07, 6.45) is 1.91. The standard InChI is InChI=1S/C15H13ClN2O4S/c1-23-14-5-3-2-4-12(14)17-15(19)9-22-13-7-6-10(18(20)21)8-11(13)16/h2-8H,9H2,1H3,(H,17,19). The first-order valence-electron chi connectivity index (χ1n) is 6.51. The molecule has 0 aliphatic heterocycles. The first-order valence-corrected chi connectivity index (χ1v) is 8.11. The second kappa shape index (κ2) is 7.85. The Morgan fingerprint density at radius 2 is 2.09 bits per heavy atom. The summed E-state index contributed by atoms with van der Waals surface area (Å²) < 4.78 is 5.31. The quantitative estimate of drug-likeness (QED) is 0.483. The lowest BCUT2D eigenvalue weighted by Crippen LogP contribution is -2.20. The summed E-state index contributed by atoms with van der Waals surface area (Å²) in [5.41, 5.74) is 0.559. The number of ether oxygens (including phenoxy) is 1. The number of nitrogens with one attached hydrogen (secondary N) is 1. The molecule has 120 valence electrons. The molecule has 0 aliphatic carbocycles. The molecular weight excluding hydrogens is 340 g/mol. The van der Waals surface area contributed by atoms with Crippen LogP contribution in [0.3, 0.4) is 0 Å². The van der Waals surface area contributed by atoms with E-state index in [0.717, 1.165) is 4.90 Å². The lowest BCUT2D eigenvalue weighted by molar-refractivity contribution is -0.384. The van der Waals surface area contributed by atoms with E-state index in [0.29, 0.717) is 5.69 Å². The Labute approximate surface area is 141 Å². The third-order valence-electron chi connectivity index (χ3n) is 2.87. The third-order valence-corrected chi connectivity index (χ3v) is 3.96. The van der Waals surface area contributed by atoms with Gasteiger partial charge in [0.2, 0.25) is 0 Å². The van der Waals surface area contributed by atoms with Gasteiger partial charge in [-0.05, 0) is 24.5 Å². The monoisotopic (exact) mass is 352 g/mol. The van der Waals surface area contributed by atoms with Gasteiger partial charge in [0.25, 0.3) is 11.6 Å². The molecule has 23 heavy (non-hydrogen) atoms. The van der Waals surface area contributed by atoms with Gasteiger partial charge >= 0.3 is 0 Å². The van der Waals surface area contributed by atoms with Gasteiger partial charge in [-0.3, -0.25) is 14.9 Å². The lowest BCUT2D eigenvalue weighted by Gasteiger charge is -2.10. The smallest absolute Gasteiger partial charge is 0.271 e. The van der Waals surface area contributed by atoms with Crippen LogP contribution in [-0.4, -0.2) is 23.7 Å². The minimum Gasteiger partial charge on any atom is -0.482 e. The molecule has 0 atom stereocenters. The molecule has 8 heteroatoms. The summed E-state index contributed by atoms with van der Waals surface area (Å²) in [4.78, 5) is 23.0. The number of para-hydroxylation sites is 1. The molecule has 2 aromatic rings. The molecule has 0 unspecified atom stereocenters. The number of anilines is 1. The number of hydrogen-bond acceptors (Lipinski definition) is 5. The molecule has 0 aliphatic rings. The minimum absolute atomic E-state index is 0.0801. The van der Waals surface area contributed by atoms with Crippen LogP contribution in [0.4, 0.5) is 11.4 Å². The fraction of sp³-hybridized carbons (Fsp3) is 0.133. The number of halogens is 1. The van der Waals surface area contributed by atoms with Gasteiger partial charge in [-0.25, -0.2) is 0 Å². The van der Waals surface area contributed by atoms with Crippen LogP contribution in [0.25, 0.3) is 0 Å². The molecule has 0 saturated heterocycles. The molecule has 0 spiro atoms. The van der Waals surface area contributed by atoms with E-state index in [9.17, 15) is 14.9 Å². The highest BCUT2D eigenvalue weighted by atomic mass is 35.5. The molecule has 0 fully saturated rings. The number of carbonyl (C=O) groups excluding carboxylic acids is 1. The average molecular weight is 353 g/mol. The topological polar surface area (TPSA) is 81.5 Å². The molecule has 0 bridgehead atoms. The van der Waals surface area contributed by atoms with E-state index >= 15 is 0 Å². The number of amides is 1. The third kappa shape index (κ3) is 4.61. The second-order valence-electron chi connectivity index (χ2n) is 4.41. The number of rotatable bonds is 6. The normalized spacial score (nSPS) is 10.2. The number of nitro benzene ring substituents is 1. The molecule has 2 rings (SSSR count). The highest BCUT2D eigenvalue weighted by Crippen LogP contribution is 2.29. The number of hydrogen-bond donors (Lipinski definition) is 1. The molecule has 1 amide bonds. The SMILES string of the molecule is CSc1ccccc1NC(=O)COc1ccc([N+](=O)[O-])cc1Cl. The Balaban J connectivity index is 1.98. The number of benzene rings is 2. The average Bonchev–Trinajstić information content (AvgIpc) is 2.54. The summed E-state index contributed by atoms with van der Waals surface area (Å²) in [6, 6.07) is 11.2. The predicted octanol–water partition coefficient (Wildman–Crippen LogP) is 3.99.